The first-order valence-electron chi connectivity index (χ1n) is 10.3. The fraction of sp³-hybridized carbons (Fsp3) is 0.348. The molecule has 6 nitrogen and oxygen atoms in total. The molecule has 1 amide bonds. The van der Waals surface area contributed by atoms with E-state index in [4.69, 9.17) is 9.47 Å². The van der Waals surface area contributed by atoms with Crippen molar-refractivity contribution >= 4 is 16.8 Å². The SMILES string of the molecule is CCCCNC(=O)[C@H]1Cc2c([nH]c3ccccc23)[C@@H](c2ccc3c(c2)OCO3)N1. The van der Waals surface area contributed by atoms with Crippen LogP contribution in [0.4, 0.5) is 0 Å². The van der Waals surface area contributed by atoms with Gasteiger partial charge in [-0.1, -0.05) is 37.6 Å². The standard InChI is InChI=1S/C23H25N3O3/c1-2-3-10-24-23(27)18-12-16-15-6-4-5-7-17(15)25-22(16)21(26-18)14-8-9-19-20(11-14)29-13-28-19/h4-9,11,18,21,25-26H,2-3,10,12-13H2,1H3,(H,24,27)/t18-,21-/m1/s1. The van der Waals surface area contributed by atoms with Gasteiger partial charge in [0, 0.05) is 23.1 Å². The van der Waals surface area contributed by atoms with Crippen LogP contribution in [0.3, 0.4) is 0 Å². The number of nitrogens with one attached hydrogen (secondary N) is 3. The van der Waals surface area contributed by atoms with Gasteiger partial charge >= 0.3 is 0 Å². The van der Waals surface area contributed by atoms with Crippen LogP contribution < -0.4 is 20.1 Å². The van der Waals surface area contributed by atoms with Gasteiger partial charge < -0.3 is 19.8 Å². The van der Waals surface area contributed by atoms with Crippen LogP contribution in [-0.2, 0) is 11.2 Å². The van der Waals surface area contributed by atoms with E-state index in [0.29, 0.717) is 13.0 Å². The molecule has 0 aliphatic carbocycles. The average Bonchev–Trinajstić information content (AvgIpc) is 3.37. The van der Waals surface area contributed by atoms with Crippen molar-refractivity contribution in [1.82, 2.24) is 15.6 Å². The van der Waals surface area contributed by atoms with Crippen molar-refractivity contribution in [3.8, 4) is 11.5 Å². The van der Waals surface area contributed by atoms with Gasteiger partial charge in [0.15, 0.2) is 11.5 Å². The third-order valence-corrected chi connectivity index (χ3v) is 5.79. The van der Waals surface area contributed by atoms with Crippen LogP contribution in [0, 0.1) is 0 Å². The van der Waals surface area contributed by atoms with Crippen molar-refractivity contribution in [3.05, 3.63) is 59.3 Å². The number of unbranched alkanes of at least 4 members (excludes halogenated alkanes) is 1. The molecule has 0 radical (unpaired) electrons. The Morgan fingerprint density at radius 2 is 2.03 bits per heavy atom. The highest BCUT2D eigenvalue weighted by Crippen LogP contribution is 2.39. The second kappa shape index (κ2) is 7.44. The number of carbonyl (C=O) groups excluding carboxylic acids is 1. The van der Waals surface area contributed by atoms with Crippen molar-refractivity contribution in [2.24, 2.45) is 0 Å². The Morgan fingerprint density at radius 3 is 2.93 bits per heavy atom. The molecule has 0 saturated carbocycles. The lowest BCUT2D eigenvalue weighted by atomic mass is 9.90. The second-order valence-corrected chi connectivity index (χ2v) is 7.68. The number of aromatic nitrogens is 1. The fourth-order valence-corrected chi connectivity index (χ4v) is 4.27. The number of hydrogen-bond donors (Lipinski definition) is 3. The van der Waals surface area contributed by atoms with Crippen LogP contribution in [0.1, 0.15) is 42.6 Å². The highest BCUT2D eigenvalue weighted by atomic mass is 16.7. The average molecular weight is 391 g/mol. The first-order valence-corrected chi connectivity index (χ1v) is 10.3. The molecule has 3 aromatic rings. The van der Waals surface area contributed by atoms with Crippen LogP contribution in [0.2, 0.25) is 0 Å². The van der Waals surface area contributed by atoms with Gasteiger partial charge in [-0.25, -0.2) is 0 Å². The Hall–Kier alpha value is -2.99. The number of H-pyrrole nitrogens is 1. The van der Waals surface area contributed by atoms with Crippen molar-refractivity contribution in [3.63, 3.8) is 0 Å². The molecule has 6 heteroatoms. The zero-order valence-electron chi connectivity index (χ0n) is 16.5. The third-order valence-electron chi connectivity index (χ3n) is 5.79. The molecule has 0 bridgehead atoms. The molecule has 0 spiro atoms. The summed E-state index contributed by atoms with van der Waals surface area (Å²) in [4.78, 5) is 16.5. The number of rotatable bonds is 5. The molecular weight excluding hydrogens is 366 g/mol. The fourth-order valence-electron chi connectivity index (χ4n) is 4.27. The van der Waals surface area contributed by atoms with Crippen LogP contribution in [0.15, 0.2) is 42.5 Å². The minimum atomic E-state index is -0.283. The Bertz CT molecular complexity index is 1060. The highest BCUT2D eigenvalue weighted by Gasteiger charge is 2.34. The van der Waals surface area contributed by atoms with Crippen molar-refractivity contribution < 1.29 is 14.3 Å². The minimum Gasteiger partial charge on any atom is -0.454 e. The first-order chi connectivity index (χ1) is 14.2. The molecule has 2 atom stereocenters. The molecule has 5 rings (SSSR count). The smallest absolute Gasteiger partial charge is 0.237 e. The molecule has 2 aromatic carbocycles. The first kappa shape index (κ1) is 18.1. The Morgan fingerprint density at radius 1 is 1.17 bits per heavy atom. The maximum absolute atomic E-state index is 12.9. The summed E-state index contributed by atoms with van der Waals surface area (Å²) in [6.07, 6.45) is 2.71. The summed E-state index contributed by atoms with van der Waals surface area (Å²) in [7, 11) is 0. The number of fused-ring (bicyclic) bond motifs is 4. The highest BCUT2D eigenvalue weighted by molar-refractivity contribution is 5.88. The van der Waals surface area contributed by atoms with Gasteiger partial charge in [-0.05, 0) is 42.2 Å². The predicted molar refractivity (Wildman–Crippen MR) is 111 cm³/mol. The molecule has 0 unspecified atom stereocenters. The van der Waals surface area contributed by atoms with Crippen LogP contribution in [0.5, 0.6) is 11.5 Å². The normalized spacial score (nSPS) is 19.9. The molecule has 0 fully saturated rings. The van der Waals surface area contributed by atoms with Gasteiger partial charge in [-0.3, -0.25) is 10.1 Å². The largest absolute Gasteiger partial charge is 0.454 e. The lowest BCUT2D eigenvalue weighted by Crippen LogP contribution is -2.50. The maximum Gasteiger partial charge on any atom is 0.237 e. The van der Waals surface area contributed by atoms with Crippen LogP contribution in [0.25, 0.3) is 10.9 Å². The maximum atomic E-state index is 12.9. The molecule has 2 aliphatic rings. The number of para-hydroxylation sites is 1. The van der Waals surface area contributed by atoms with E-state index in [1.165, 1.54) is 10.9 Å². The lowest BCUT2D eigenvalue weighted by molar-refractivity contribution is -0.123. The Balaban J connectivity index is 1.53. The van der Waals surface area contributed by atoms with Gasteiger partial charge in [0.1, 0.15) is 0 Å². The number of carbonyl (C=O) groups is 1. The zero-order chi connectivity index (χ0) is 19.8. The summed E-state index contributed by atoms with van der Waals surface area (Å²) < 4.78 is 11.0. The summed E-state index contributed by atoms with van der Waals surface area (Å²) in [6.45, 7) is 3.08. The topological polar surface area (TPSA) is 75.4 Å². The van der Waals surface area contributed by atoms with Crippen LogP contribution >= 0.6 is 0 Å². The Kier molecular flexibility index (Phi) is 4.64. The van der Waals surface area contributed by atoms with E-state index in [2.05, 4.69) is 34.7 Å². The van der Waals surface area contributed by atoms with Gasteiger partial charge in [-0.15, -0.1) is 0 Å². The van der Waals surface area contributed by atoms with Gasteiger partial charge in [0.25, 0.3) is 0 Å². The molecule has 29 heavy (non-hydrogen) atoms. The molecule has 3 N–H and O–H groups in total. The number of aromatic amines is 1. The van der Waals surface area contributed by atoms with Gasteiger partial charge in [-0.2, -0.15) is 0 Å². The van der Waals surface area contributed by atoms with E-state index in [0.717, 1.165) is 41.1 Å². The van der Waals surface area contributed by atoms with Gasteiger partial charge in [0.2, 0.25) is 12.7 Å². The minimum absolute atomic E-state index is 0.0557. The second-order valence-electron chi connectivity index (χ2n) is 7.68. The molecular formula is C23H25N3O3. The molecule has 2 aliphatic heterocycles. The number of hydrogen-bond acceptors (Lipinski definition) is 4. The summed E-state index contributed by atoms with van der Waals surface area (Å²) in [5.74, 6) is 1.56. The predicted octanol–water partition coefficient (Wildman–Crippen LogP) is 3.42. The van der Waals surface area contributed by atoms with Crippen LogP contribution in [-0.4, -0.2) is 30.3 Å². The molecule has 0 saturated heterocycles. The van der Waals surface area contributed by atoms with Crippen molar-refractivity contribution in [2.75, 3.05) is 13.3 Å². The number of ether oxygens (including phenoxy) is 2. The number of amides is 1. The van der Waals surface area contributed by atoms with E-state index in [-0.39, 0.29) is 24.8 Å². The number of benzene rings is 2. The lowest BCUT2D eigenvalue weighted by Gasteiger charge is -2.31. The van der Waals surface area contributed by atoms with E-state index < -0.39 is 0 Å². The van der Waals surface area contributed by atoms with E-state index >= 15 is 0 Å². The van der Waals surface area contributed by atoms with E-state index in [1.54, 1.807) is 0 Å². The van der Waals surface area contributed by atoms with Crippen molar-refractivity contribution in [2.45, 2.75) is 38.3 Å². The quantitative estimate of drug-likeness (QED) is 0.583. The summed E-state index contributed by atoms with van der Waals surface area (Å²) in [5, 5.41) is 7.83. The van der Waals surface area contributed by atoms with E-state index in [9.17, 15) is 4.79 Å². The zero-order valence-corrected chi connectivity index (χ0v) is 16.5. The van der Waals surface area contributed by atoms with E-state index in [1.807, 2.05) is 30.3 Å². The van der Waals surface area contributed by atoms with Crippen molar-refractivity contribution in [1.29, 1.82) is 0 Å². The third kappa shape index (κ3) is 3.23. The summed E-state index contributed by atoms with van der Waals surface area (Å²) in [6, 6.07) is 13.9. The molecule has 1 aromatic heterocycles. The summed E-state index contributed by atoms with van der Waals surface area (Å²) >= 11 is 0. The summed E-state index contributed by atoms with van der Waals surface area (Å²) in [5.41, 5.74) is 4.46. The molecule has 3 heterocycles. The monoisotopic (exact) mass is 391 g/mol. The molecule has 150 valence electrons. The van der Waals surface area contributed by atoms with Gasteiger partial charge in [0.05, 0.1) is 12.1 Å². The Labute approximate surface area is 169 Å².